The van der Waals surface area contributed by atoms with Gasteiger partial charge in [0, 0.05) is 16.6 Å². The van der Waals surface area contributed by atoms with Gasteiger partial charge in [-0.05, 0) is 54.7 Å². The predicted molar refractivity (Wildman–Crippen MR) is 112 cm³/mol. The molecule has 1 aliphatic heterocycles. The quantitative estimate of drug-likeness (QED) is 0.476. The van der Waals surface area contributed by atoms with Gasteiger partial charge in [0.15, 0.2) is 17.4 Å². The Morgan fingerprint density at radius 1 is 1.31 bits per heavy atom. The minimum absolute atomic E-state index is 0.121. The highest BCUT2D eigenvalue weighted by Crippen LogP contribution is 2.33. The second-order valence-electron chi connectivity index (χ2n) is 7.05. The number of amidine groups is 1. The summed E-state index contributed by atoms with van der Waals surface area (Å²) >= 11 is 3.31. The maximum Gasteiger partial charge on any atom is 0.285 e. The topological polar surface area (TPSA) is 71.3 Å². The molecule has 0 bridgehead atoms. The van der Waals surface area contributed by atoms with Gasteiger partial charge in [0.1, 0.15) is 4.90 Å². The van der Waals surface area contributed by atoms with Gasteiger partial charge in [-0.25, -0.2) is 9.40 Å². The van der Waals surface area contributed by atoms with E-state index in [1.54, 1.807) is 41.6 Å². The van der Waals surface area contributed by atoms with Crippen LogP contribution >= 0.6 is 15.9 Å². The van der Waals surface area contributed by atoms with E-state index in [4.69, 9.17) is 4.74 Å². The van der Waals surface area contributed by atoms with Gasteiger partial charge in [0.2, 0.25) is 0 Å². The fraction of sp³-hybridized carbons (Fsp3) is 0.300. The molecule has 1 heterocycles. The molecule has 152 valence electrons. The normalized spacial score (nSPS) is 17.7. The first-order valence-electron chi connectivity index (χ1n) is 9.17. The van der Waals surface area contributed by atoms with Crippen LogP contribution in [0.25, 0.3) is 0 Å². The molecule has 0 spiro atoms. The highest BCUT2D eigenvalue weighted by Gasteiger charge is 2.33. The summed E-state index contributed by atoms with van der Waals surface area (Å²) in [5, 5.41) is 6.15. The van der Waals surface area contributed by atoms with Gasteiger partial charge in [-0.2, -0.15) is 13.5 Å². The first-order chi connectivity index (χ1) is 13.9. The zero-order valence-electron chi connectivity index (χ0n) is 15.7. The third-order valence-electron chi connectivity index (χ3n) is 5.09. The van der Waals surface area contributed by atoms with Gasteiger partial charge in [-0.1, -0.05) is 28.4 Å². The number of methoxy groups -OCH3 is 1. The van der Waals surface area contributed by atoms with Crippen molar-refractivity contribution in [3.05, 3.63) is 57.8 Å². The zero-order valence-corrected chi connectivity index (χ0v) is 18.1. The third-order valence-corrected chi connectivity index (χ3v) is 6.89. The van der Waals surface area contributed by atoms with Crippen molar-refractivity contribution in [1.29, 1.82) is 0 Å². The van der Waals surface area contributed by atoms with Crippen LogP contribution in [-0.4, -0.2) is 39.1 Å². The zero-order chi connectivity index (χ0) is 20.6. The lowest BCUT2D eigenvalue weighted by Gasteiger charge is -2.30. The van der Waals surface area contributed by atoms with Gasteiger partial charge in [-0.15, -0.1) is 4.40 Å². The number of benzene rings is 2. The summed E-state index contributed by atoms with van der Waals surface area (Å²) in [6, 6.07) is 9.50. The molecule has 9 heteroatoms. The Kier molecular flexibility index (Phi) is 5.44. The first-order valence-corrected chi connectivity index (χ1v) is 11.4. The smallest absolute Gasteiger partial charge is 0.285 e. The van der Waals surface area contributed by atoms with Crippen LogP contribution < -0.4 is 4.74 Å². The molecule has 2 aromatic carbocycles. The van der Waals surface area contributed by atoms with Gasteiger partial charge in [0.05, 0.1) is 13.3 Å². The number of rotatable bonds is 5. The molecule has 0 atom stereocenters. The number of ether oxygens (including phenoxy) is 1. The number of halogens is 2. The lowest BCUT2D eigenvalue weighted by molar-refractivity contribution is 0.245. The highest BCUT2D eigenvalue weighted by molar-refractivity contribution is 9.10. The molecular formula is C20H19BrFN3O3S. The number of hydrazone groups is 1. The Bertz CT molecular complexity index is 1110. The lowest BCUT2D eigenvalue weighted by Crippen LogP contribution is -2.33. The van der Waals surface area contributed by atoms with Crippen LogP contribution in [0.2, 0.25) is 0 Å². The number of fused-ring (bicyclic) bond motifs is 1. The molecule has 2 aromatic rings. The molecule has 0 amide bonds. The van der Waals surface area contributed by atoms with E-state index in [1.165, 1.54) is 13.2 Å². The van der Waals surface area contributed by atoms with Crippen LogP contribution in [0.15, 0.2) is 55.3 Å². The van der Waals surface area contributed by atoms with Gasteiger partial charge >= 0.3 is 0 Å². The Morgan fingerprint density at radius 3 is 2.79 bits per heavy atom. The molecule has 0 saturated heterocycles. The number of hydrogen-bond donors (Lipinski definition) is 0. The summed E-state index contributed by atoms with van der Waals surface area (Å²) in [5.41, 5.74) is 1.17. The van der Waals surface area contributed by atoms with Crippen molar-refractivity contribution in [2.75, 3.05) is 13.7 Å². The highest BCUT2D eigenvalue weighted by atomic mass is 79.9. The standard InChI is InChI=1S/C20H19BrFN3O3S/c1-28-18-9-14(5-8-17(18)22)11-23-25(12-13-3-2-4-13)20-16-7-6-15(21)10-19(16)29(26,27)24-20/h5-11,13H,2-4,12H2,1H3/b23-11+. The van der Waals surface area contributed by atoms with Crippen LogP contribution in [0.5, 0.6) is 5.75 Å². The summed E-state index contributed by atoms with van der Waals surface area (Å²) in [6.45, 7) is 0.568. The summed E-state index contributed by atoms with van der Waals surface area (Å²) in [5.74, 6) is 0.404. The van der Waals surface area contributed by atoms with Crippen LogP contribution in [0, 0.1) is 11.7 Å². The lowest BCUT2D eigenvalue weighted by atomic mass is 9.85. The van der Waals surface area contributed by atoms with E-state index in [0.29, 0.717) is 33.9 Å². The van der Waals surface area contributed by atoms with Crippen molar-refractivity contribution in [3.8, 4) is 5.75 Å². The summed E-state index contributed by atoms with van der Waals surface area (Å²) in [4.78, 5) is 0.166. The van der Waals surface area contributed by atoms with E-state index < -0.39 is 15.8 Å². The maximum atomic E-state index is 13.7. The van der Waals surface area contributed by atoms with E-state index in [9.17, 15) is 12.8 Å². The van der Waals surface area contributed by atoms with Crippen LogP contribution in [0.3, 0.4) is 0 Å². The van der Waals surface area contributed by atoms with Crippen molar-refractivity contribution in [1.82, 2.24) is 5.01 Å². The van der Waals surface area contributed by atoms with E-state index in [0.717, 1.165) is 19.3 Å². The van der Waals surface area contributed by atoms with Crippen LogP contribution in [0.1, 0.15) is 30.4 Å². The number of hydrogen-bond acceptors (Lipinski definition) is 5. The van der Waals surface area contributed by atoms with E-state index in [2.05, 4.69) is 25.4 Å². The molecule has 1 fully saturated rings. The SMILES string of the molecule is COc1cc(/C=N/N(CC2CCC2)C2=NS(=O)(=O)c3cc(Br)ccc32)ccc1F. The molecule has 4 rings (SSSR count). The van der Waals surface area contributed by atoms with E-state index in [1.807, 2.05) is 0 Å². The van der Waals surface area contributed by atoms with Crippen LogP contribution in [-0.2, 0) is 10.0 Å². The van der Waals surface area contributed by atoms with E-state index in [-0.39, 0.29) is 10.6 Å². The second-order valence-corrected chi connectivity index (χ2v) is 9.54. The maximum absolute atomic E-state index is 13.7. The summed E-state index contributed by atoms with van der Waals surface area (Å²) < 4.78 is 48.4. The Labute approximate surface area is 177 Å². The summed E-state index contributed by atoms with van der Waals surface area (Å²) in [6.07, 6.45) is 4.87. The molecule has 0 radical (unpaired) electrons. The van der Waals surface area contributed by atoms with Crippen molar-refractivity contribution >= 4 is 38.0 Å². The van der Waals surface area contributed by atoms with Crippen molar-refractivity contribution in [3.63, 3.8) is 0 Å². The third kappa shape index (κ3) is 4.06. The van der Waals surface area contributed by atoms with Gasteiger partial charge < -0.3 is 4.74 Å². The molecule has 1 aliphatic carbocycles. The van der Waals surface area contributed by atoms with Crippen molar-refractivity contribution in [2.24, 2.45) is 15.4 Å². The Hall–Kier alpha value is -2.26. The second kappa shape index (κ2) is 7.87. The molecular weight excluding hydrogens is 461 g/mol. The minimum Gasteiger partial charge on any atom is -0.494 e. The average Bonchev–Trinajstić information content (AvgIpc) is 2.92. The Balaban J connectivity index is 1.70. The van der Waals surface area contributed by atoms with Crippen molar-refractivity contribution in [2.45, 2.75) is 24.2 Å². The minimum atomic E-state index is -3.77. The van der Waals surface area contributed by atoms with Crippen LogP contribution in [0.4, 0.5) is 4.39 Å². The molecule has 0 unspecified atom stereocenters. The first kappa shape index (κ1) is 20.0. The monoisotopic (exact) mass is 479 g/mol. The van der Waals surface area contributed by atoms with E-state index >= 15 is 0 Å². The van der Waals surface area contributed by atoms with Crippen molar-refractivity contribution < 1.29 is 17.5 Å². The predicted octanol–water partition coefficient (Wildman–Crippen LogP) is 4.18. The molecule has 1 saturated carbocycles. The molecule has 0 N–H and O–H groups in total. The largest absolute Gasteiger partial charge is 0.494 e. The van der Waals surface area contributed by atoms with Gasteiger partial charge in [-0.3, -0.25) is 0 Å². The number of sulfonamides is 1. The fourth-order valence-corrected chi connectivity index (χ4v) is 5.04. The molecule has 2 aliphatic rings. The Morgan fingerprint density at radius 2 is 2.10 bits per heavy atom. The van der Waals surface area contributed by atoms with Gasteiger partial charge in [0.25, 0.3) is 10.0 Å². The average molecular weight is 480 g/mol. The summed E-state index contributed by atoms with van der Waals surface area (Å²) in [7, 11) is -2.37. The molecule has 6 nitrogen and oxygen atoms in total. The molecule has 0 aromatic heterocycles. The molecule has 29 heavy (non-hydrogen) atoms. The fourth-order valence-electron chi connectivity index (χ4n) is 3.29. The number of nitrogens with zero attached hydrogens (tertiary/aromatic N) is 3.